The number of amides is 1. The Balaban J connectivity index is 1.63. The maximum Gasteiger partial charge on any atom is 0.262 e. The van der Waals surface area contributed by atoms with Gasteiger partial charge in [0.25, 0.3) is 15.9 Å². The Hall–Kier alpha value is -2.64. The lowest BCUT2D eigenvalue weighted by Crippen LogP contribution is -2.25. The second-order valence-electron chi connectivity index (χ2n) is 7.50. The van der Waals surface area contributed by atoms with Crippen molar-refractivity contribution in [2.75, 3.05) is 4.72 Å². The minimum absolute atomic E-state index is 0.190. The molecule has 4 rings (SSSR count). The minimum atomic E-state index is -3.77. The molecule has 5 nitrogen and oxygen atoms in total. The lowest BCUT2D eigenvalue weighted by atomic mass is 9.95. The maximum atomic E-state index is 13.1. The van der Waals surface area contributed by atoms with Crippen LogP contribution in [0, 0.1) is 6.92 Å². The molecular formula is C23H24N2O3S2. The summed E-state index contributed by atoms with van der Waals surface area (Å²) in [5.74, 6) is -0.236. The van der Waals surface area contributed by atoms with Crippen molar-refractivity contribution in [3.8, 4) is 0 Å². The van der Waals surface area contributed by atoms with E-state index >= 15 is 0 Å². The van der Waals surface area contributed by atoms with E-state index < -0.39 is 10.0 Å². The SMILES string of the molecule is Cc1ccc(S(=O)(=O)Nc2sc3c(c2C(=O)NCc2ccccc2)CCCC3)cc1. The van der Waals surface area contributed by atoms with Crippen molar-refractivity contribution >= 4 is 32.3 Å². The van der Waals surface area contributed by atoms with Gasteiger partial charge in [-0.3, -0.25) is 9.52 Å². The van der Waals surface area contributed by atoms with Crippen LogP contribution in [0.3, 0.4) is 0 Å². The van der Waals surface area contributed by atoms with Gasteiger partial charge in [0.15, 0.2) is 0 Å². The van der Waals surface area contributed by atoms with Gasteiger partial charge >= 0.3 is 0 Å². The molecule has 0 unspecified atom stereocenters. The highest BCUT2D eigenvalue weighted by Crippen LogP contribution is 2.39. The first kappa shape index (κ1) is 20.6. The van der Waals surface area contributed by atoms with Crippen LogP contribution in [0.4, 0.5) is 5.00 Å². The molecule has 1 amide bonds. The van der Waals surface area contributed by atoms with Crippen LogP contribution in [0.15, 0.2) is 59.5 Å². The van der Waals surface area contributed by atoms with E-state index in [9.17, 15) is 13.2 Å². The molecule has 2 aromatic carbocycles. The van der Waals surface area contributed by atoms with Crippen LogP contribution in [0.2, 0.25) is 0 Å². The lowest BCUT2D eigenvalue weighted by Gasteiger charge is -2.14. The van der Waals surface area contributed by atoms with Gasteiger partial charge in [-0.15, -0.1) is 11.3 Å². The molecule has 3 aromatic rings. The van der Waals surface area contributed by atoms with Crippen molar-refractivity contribution in [2.24, 2.45) is 0 Å². The van der Waals surface area contributed by atoms with Gasteiger partial charge < -0.3 is 5.32 Å². The highest BCUT2D eigenvalue weighted by Gasteiger charge is 2.28. The molecule has 0 spiro atoms. The number of thiophene rings is 1. The van der Waals surface area contributed by atoms with Crippen molar-refractivity contribution in [1.82, 2.24) is 5.32 Å². The normalized spacial score (nSPS) is 13.5. The number of hydrogen-bond acceptors (Lipinski definition) is 4. The summed E-state index contributed by atoms with van der Waals surface area (Å²) in [7, 11) is -3.77. The third-order valence-electron chi connectivity index (χ3n) is 5.25. The van der Waals surface area contributed by atoms with Crippen molar-refractivity contribution in [3.63, 3.8) is 0 Å². The number of anilines is 1. The Morgan fingerprint density at radius 3 is 2.43 bits per heavy atom. The van der Waals surface area contributed by atoms with E-state index in [-0.39, 0.29) is 10.8 Å². The highest BCUT2D eigenvalue weighted by atomic mass is 32.2. The van der Waals surface area contributed by atoms with Gasteiger partial charge in [-0.1, -0.05) is 48.0 Å². The third-order valence-corrected chi connectivity index (χ3v) is 7.95. The summed E-state index contributed by atoms with van der Waals surface area (Å²) in [6.07, 6.45) is 3.74. The van der Waals surface area contributed by atoms with Crippen molar-refractivity contribution in [1.29, 1.82) is 0 Å². The van der Waals surface area contributed by atoms with Gasteiger partial charge in [0.2, 0.25) is 0 Å². The number of fused-ring (bicyclic) bond motifs is 1. The summed E-state index contributed by atoms with van der Waals surface area (Å²) < 4.78 is 28.6. The molecule has 0 saturated carbocycles. The number of sulfonamides is 1. The number of benzene rings is 2. The smallest absolute Gasteiger partial charge is 0.262 e. The van der Waals surface area contributed by atoms with E-state index in [4.69, 9.17) is 0 Å². The van der Waals surface area contributed by atoms with Gasteiger partial charge in [0.1, 0.15) is 5.00 Å². The molecule has 0 aliphatic heterocycles. The molecule has 1 aliphatic carbocycles. The zero-order chi connectivity index (χ0) is 21.1. The Morgan fingerprint density at radius 2 is 1.70 bits per heavy atom. The maximum absolute atomic E-state index is 13.1. The fourth-order valence-corrected chi connectivity index (χ4v) is 6.24. The number of nitrogens with one attached hydrogen (secondary N) is 2. The molecule has 1 aliphatic rings. The standard InChI is InChI=1S/C23H24N2O3S2/c1-16-11-13-18(14-12-16)30(27,28)25-23-21(19-9-5-6-10-20(19)29-23)22(26)24-15-17-7-3-2-4-8-17/h2-4,7-8,11-14,25H,5-6,9-10,15H2,1H3,(H,24,26). The van der Waals surface area contributed by atoms with E-state index in [0.29, 0.717) is 17.1 Å². The molecule has 0 atom stereocenters. The quantitative estimate of drug-likeness (QED) is 0.585. The van der Waals surface area contributed by atoms with E-state index in [1.165, 1.54) is 11.3 Å². The molecule has 0 bridgehead atoms. The second kappa shape index (κ2) is 8.62. The van der Waals surface area contributed by atoms with E-state index in [2.05, 4.69) is 10.0 Å². The minimum Gasteiger partial charge on any atom is -0.348 e. The van der Waals surface area contributed by atoms with Gasteiger partial charge in [0, 0.05) is 11.4 Å². The first-order valence-corrected chi connectivity index (χ1v) is 12.3. The lowest BCUT2D eigenvalue weighted by molar-refractivity contribution is 0.0951. The van der Waals surface area contributed by atoms with Crippen molar-refractivity contribution in [2.45, 2.75) is 44.0 Å². The van der Waals surface area contributed by atoms with E-state index in [1.807, 2.05) is 37.3 Å². The Kier molecular flexibility index (Phi) is 5.92. The van der Waals surface area contributed by atoms with Crippen LogP contribution in [-0.2, 0) is 29.4 Å². The zero-order valence-electron chi connectivity index (χ0n) is 16.8. The zero-order valence-corrected chi connectivity index (χ0v) is 18.4. The van der Waals surface area contributed by atoms with Gasteiger partial charge in [-0.25, -0.2) is 8.42 Å². The molecule has 2 N–H and O–H groups in total. The molecule has 0 saturated heterocycles. The van der Waals surface area contributed by atoms with Crippen LogP contribution >= 0.6 is 11.3 Å². The first-order valence-electron chi connectivity index (χ1n) is 10.0. The number of carbonyl (C=O) groups is 1. The molecule has 1 heterocycles. The molecule has 0 fully saturated rings. The molecule has 7 heteroatoms. The predicted octanol–water partition coefficient (Wildman–Crippen LogP) is 4.67. The van der Waals surface area contributed by atoms with Crippen molar-refractivity contribution < 1.29 is 13.2 Å². The summed E-state index contributed by atoms with van der Waals surface area (Å²) in [5.41, 5.74) is 3.44. The Morgan fingerprint density at radius 1 is 1.00 bits per heavy atom. The topological polar surface area (TPSA) is 75.3 Å². The number of carbonyl (C=O) groups excluding carboxylic acids is 1. The monoisotopic (exact) mass is 440 g/mol. The molecular weight excluding hydrogens is 416 g/mol. The number of aryl methyl sites for hydroxylation is 2. The van der Waals surface area contributed by atoms with E-state index in [0.717, 1.165) is 47.3 Å². The fraction of sp³-hybridized carbons (Fsp3) is 0.261. The summed E-state index contributed by atoms with van der Waals surface area (Å²) in [6, 6.07) is 16.4. The van der Waals surface area contributed by atoms with Crippen LogP contribution in [-0.4, -0.2) is 14.3 Å². The van der Waals surface area contributed by atoms with Crippen LogP contribution in [0.5, 0.6) is 0 Å². The Bertz CT molecular complexity index is 1150. The van der Waals surface area contributed by atoms with Gasteiger partial charge in [-0.05, 0) is 55.9 Å². The molecule has 30 heavy (non-hydrogen) atoms. The average molecular weight is 441 g/mol. The highest BCUT2D eigenvalue weighted by molar-refractivity contribution is 7.93. The summed E-state index contributed by atoms with van der Waals surface area (Å²) >= 11 is 1.39. The largest absolute Gasteiger partial charge is 0.348 e. The first-order chi connectivity index (χ1) is 14.4. The second-order valence-corrected chi connectivity index (χ2v) is 10.3. The number of hydrogen-bond donors (Lipinski definition) is 2. The summed E-state index contributed by atoms with van der Waals surface area (Å²) in [6.45, 7) is 2.31. The fourth-order valence-electron chi connectivity index (χ4n) is 3.64. The van der Waals surface area contributed by atoms with Crippen LogP contribution in [0.25, 0.3) is 0 Å². The predicted molar refractivity (Wildman–Crippen MR) is 121 cm³/mol. The average Bonchev–Trinajstić information content (AvgIpc) is 3.10. The summed E-state index contributed by atoms with van der Waals surface area (Å²) in [4.78, 5) is 14.4. The summed E-state index contributed by atoms with van der Waals surface area (Å²) in [5, 5.41) is 3.37. The van der Waals surface area contributed by atoms with Crippen LogP contribution < -0.4 is 10.0 Å². The Labute approximate surface area is 181 Å². The van der Waals surface area contributed by atoms with Crippen LogP contribution in [0.1, 0.15) is 44.8 Å². The molecule has 0 radical (unpaired) electrons. The van der Waals surface area contributed by atoms with Gasteiger partial charge in [0.05, 0.1) is 10.5 Å². The van der Waals surface area contributed by atoms with E-state index in [1.54, 1.807) is 24.3 Å². The third kappa shape index (κ3) is 4.42. The molecule has 156 valence electrons. The van der Waals surface area contributed by atoms with Gasteiger partial charge in [-0.2, -0.15) is 0 Å². The number of rotatable bonds is 6. The van der Waals surface area contributed by atoms with Crippen molar-refractivity contribution in [3.05, 3.63) is 81.7 Å². The molecule has 1 aromatic heterocycles.